The molecule has 0 aliphatic carbocycles. The van der Waals surface area contributed by atoms with E-state index in [4.69, 9.17) is 10.5 Å². The number of carbonyl (C=O) groups excluding carboxylic acids is 1. The number of hydrogen-bond donors (Lipinski definition) is 2. The van der Waals surface area contributed by atoms with Crippen molar-refractivity contribution < 1.29 is 9.53 Å². The largest absolute Gasteiger partial charge is 0.479 e. The maximum Gasteiger partial charge on any atom is 0.244 e. The standard InChI is InChI=1S/C11H10N4O2S/c1-17-10-8-9(18-11(12)15-8)6(4-14-10)5-2-7(16)13-3-5/h2,4H,3H2,1H3,(H2,12,15)(H,13,16). The number of pyridine rings is 1. The summed E-state index contributed by atoms with van der Waals surface area (Å²) < 4.78 is 6.05. The van der Waals surface area contributed by atoms with Crippen molar-refractivity contribution in [2.24, 2.45) is 0 Å². The van der Waals surface area contributed by atoms with Crippen molar-refractivity contribution >= 4 is 38.2 Å². The molecule has 0 saturated heterocycles. The minimum absolute atomic E-state index is 0.0912. The summed E-state index contributed by atoms with van der Waals surface area (Å²) in [5.74, 6) is 0.353. The molecule has 92 valence electrons. The number of nitrogens with two attached hydrogens (primary N) is 1. The van der Waals surface area contributed by atoms with E-state index in [1.165, 1.54) is 18.4 Å². The van der Waals surface area contributed by atoms with Crippen LogP contribution < -0.4 is 15.8 Å². The number of carbonyl (C=O) groups is 1. The lowest BCUT2D eigenvalue weighted by Crippen LogP contribution is -2.14. The molecular formula is C11H10N4O2S. The van der Waals surface area contributed by atoms with Crippen molar-refractivity contribution in [2.75, 3.05) is 19.4 Å². The third kappa shape index (κ3) is 1.60. The van der Waals surface area contributed by atoms with Crippen LogP contribution in [-0.4, -0.2) is 29.5 Å². The van der Waals surface area contributed by atoms with Gasteiger partial charge >= 0.3 is 0 Å². The van der Waals surface area contributed by atoms with Gasteiger partial charge in [0, 0.05) is 24.4 Å². The second kappa shape index (κ2) is 3.95. The SMILES string of the molecule is COc1ncc(C2=CC(=O)NC2)c2sc(N)nc12. The Morgan fingerprint density at radius 2 is 2.39 bits per heavy atom. The minimum atomic E-state index is -0.0912. The predicted molar refractivity (Wildman–Crippen MR) is 69.4 cm³/mol. The zero-order valence-corrected chi connectivity index (χ0v) is 10.4. The molecule has 2 aromatic heterocycles. The molecule has 0 radical (unpaired) electrons. The molecule has 7 heteroatoms. The summed E-state index contributed by atoms with van der Waals surface area (Å²) in [6.45, 7) is 0.500. The Morgan fingerprint density at radius 3 is 3.06 bits per heavy atom. The summed E-state index contributed by atoms with van der Waals surface area (Å²) >= 11 is 1.36. The first kappa shape index (κ1) is 11.0. The predicted octanol–water partition coefficient (Wildman–Crippen LogP) is 0.795. The van der Waals surface area contributed by atoms with Crippen LogP contribution in [0.1, 0.15) is 5.56 Å². The van der Waals surface area contributed by atoms with Gasteiger partial charge in [0.05, 0.1) is 11.8 Å². The fraction of sp³-hybridized carbons (Fsp3) is 0.182. The van der Waals surface area contributed by atoms with Crippen molar-refractivity contribution in [3.8, 4) is 5.88 Å². The van der Waals surface area contributed by atoms with Crippen LogP contribution in [0, 0.1) is 0 Å². The highest BCUT2D eigenvalue weighted by atomic mass is 32.1. The van der Waals surface area contributed by atoms with Gasteiger partial charge in [-0.2, -0.15) is 0 Å². The topological polar surface area (TPSA) is 90.1 Å². The number of methoxy groups -OCH3 is 1. The molecule has 2 aromatic rings. The monoisotopic (exact) mass is 262 g/mol. The van der Waals surface area contributed by atoms with Gasteiger partial charge in [-0.1, -0.05) is 11.3 Å². The number of nitrogens with one attached hydrogen (secondary N) is 1. The number of nitrogens with zero attached hydrogens (tertiary/aromatic N) is 2. The first-order chi connectivity index (χ1) is 8.69. The van der Waals surface area contributed by atoms with E-state index in [0.717, 1.165) is 15.8 Å². The van der Waals surface area contributed by atoms with E-state index in [2.05, 4.69) is 15.3 Å². The number of thiazole rings is 1. The Morgan fingerprint density at radius 1 is 1.56 bits per heavy atom. The average molecular weight is 262 g/mol. The Labute approximate surface area is 106 Å². The first-order valence-electron chi connectivity index (χ1n) is 5.27. The highest BCUT2D eigenvalue weighted by Gasteiger charge is 2.19. The van der Waals surface area contributed by atoms with E-state index in [0.29, 0.717) is 23.1 Å². The van der Waals surface area contributed by atoms with Crippen LogP contribution in [0.5, 0.6) is 5.88 Å². The molecule has 6 nitrogen and oxygen atoms in total. The summed E-state index contributed by atoms with van der Waals surface area (Å²) in [5, 5.41) is 3.18. The van der Waals surface area contributed by atoms with Crippen molar-refractivity contribution in [3.05, 3.63) is 17.8 Å². The number of aromatic nitrogens is 2. The van der Waals surface area contributed by atoms with Gasteiger partial charge in [-0.3, -0.25) is 4.79 Å². The third-order valence-corrected chi connectivity index (χ3v) is 3.62. The number of rotatable bonds is 2. The fourth-order valence-corrected chi connectivity index (χ4v) is 2.77. The molecule has 0 spiro atoms. The Kier molecular flexibility index (Phi) is 2.41. The first-order valence-corrected chi connectivity index (χ1v) is 6.08. The molecule has 0 unspecified atom stereocenters. The summed E-state index contributed by atoms with van der Waals surface area (Å²) in [6, 6.07) is 0. The van der Waals surface area contributed by atoms with E-state index >= 15 is 0 Å². The van der Waals surface area contributed by atoms with Crippen LogP contribution in [0.25, 0.3) is 15.8 Å². The molecule has 3 N–H and O–H groups in total. The molecule has 0 fully saturated rings. The van der Waals surface area contributed by atoms with Crippen molar-refractivity contribution in [1.82, 2.24) is 15.3 Å². The zero-order chi connectivity index (χ0) is 12.7. The van der Waals surface area contributed by atoms with Gasteiger partial charge in [-0.25, -0.2) is 9.97 Å². The average Bonchev–Trinajstić information content (AvgIpc) is 2.93. The molecule has 3 heterocycles. The second-order valence-corrected chi connectivity index (χ2v) is 4.83. The Bertz CT molecular complexity index is 677. The highest BCUT2D eigenvalue weighted by Crippen LogP contribution is 2.35. The maximum atomic E-state index is 11.2. The molecule has 0 aromatic carbocycles. The van der Waals surface area contributed by atoms with E-state index < -0.39 is 0 Å². The Balaban J connectivity index is 2.25. The second-order valence-electron chi connectivity index (χ2n) is 3.80. The molecular weight excluding hydrogens is 252 g/mol. The number of hydrogen-bond acceptors (Lipinski definition) is 6. The molecule has 0 atom stereocenters. The number of ether oxygens (including phenoxy) is 1. The zero-order valence-electron chi connectivity index (χ0n) is 9.56. The number of nitrogen functional groups attached to an aromatic ring is 1. The Hall–Kier alpha value is -2.15. The van der Waals surface area contributed by atoms with Gasteiger partial charge in [0.1, 0.15) is 5.52 Å². The minimum Gasteiger partial charge on any atom is -0.479 e. The van der Waals surface area contributed by atoms with E-state index in [-0.39, 0.29) is 5.91 Å². The lowest BCUT2D eigenvalue weighted by atomic mass is 10.1. The smallest absolute Gasteiger partial charge is 0.244 e. The van der Waals surface area contributed by atoms with Gasteiger partial charge in [-0.15, -0.1) is 0 Å². The summed E-state index contributed by atoms with van der Waals surface area (Å²) in [5.41, 5.74) is 8.13. The summed E-state index contributed by atoms with van der Waals surface area (Å²) in [6.07, 6.45) is 3.25. The van der Waals surface area contributed by atoms with Gasteiger partial charge in [0.2, 0.25) is 11.8 Å². The van der Waals surface area contributed by atoms with Crippen LogP contribution in [-0.2, 0) is 4.79 Å². The summed E-state index contributed by atoms with van der Waals surface area (Å²) in [4.78, 5) is 19.6. The molecule has 1 aliphatic rings. The number of anilines is 1. The van der Waals surface area contributed by atoms with E-state index in [1.807, 2.05) is 0 Å². The normalized spacial score (nSPS) is 14.7. The fourth-order valence-electron chi connectivity index (χ4n) is 1.90. The molecule has 3 rings (SSSR count). The molecule has 0 saturated carbocycles. The van der Waals surface area contributed by atoms with E-state index in [9.17, 15) is 4.79 Å². The number of fused-ring (bicyclic) bond motifs is 1. The van der Waals surface area contributed by atoms with Gasteiger partial charge in [0.25, 0.3) is 0 Å². The highest BCUT2D eigenvalue weighted by molar-refractivity contribution is 7.22. The van der Waals surface area contributed by atoms with Gasteiger partial charge in [-0.05, 0) is 5.57 Å². The lowest BCUT2D eigenvalue weighted by Gasteiger charge is -2.04. The number of amides is 1. The van der Waals surface area contributed by atoms with Crippen LogP contribution >= 0.6 is 11.3 Å². The van der Waals surface area contributed by atoms with Gasteiger partial charge in [0.15, 0.2) is 5.13 Å². The van der Waals surface area contributed by atoms with Crippen LogP contribution in [0.2, 0.25) is 0 Å². The van der Waals surface area contributed by atoms with Crippen LogP contribution in [0.4, 0.5) is 5.13 Å². The van der Waals surface area contributed by atoms with Crippen molar-refractivity contribution in [1.29, 1.82) is 0 Å². The third-order valence-electron chi connectivity index (χ3n) is 2.70. The lowest BCUT2D eigenvalue weighted by molar-refractivity contribution is -0.115. The molecule has 1 amide bonds. The van der Waals surface area contributed by atoms with Crippen LogP contribution in [0.3, 0.4) is 0 Å². The van der Waals surface area contributed by atoms with Crippen molar-refractivity contribution in [2.45, 2.75) is 0 Å². The van der Waals surface area contributed by atoms with Gasteiger partial charge < -0.3 is 15.8 Å². The summed E-state index contributed by atoms with van der Waals surface area (Å²) in [7, 11) is 1.54. The molecule has 0 bridgehead atoms. The van der Waals surface area contributed by atoms with Crippen LogP contribution in [0.15, 0.2) is 12.3 Å². The van der Waals surface area contributed by atoms with Crippen molar-refractivity contribution in [3.63, 3.8) is 0 Å². The van der Waals surface area contributed by atoms with E-state index in [1.54, 1.807) is 12.3 Å². The quantitative estimate of drug-likeness (QED) is 0.835. The maximum absolute atomic E-state index is 11.2. The molecule has 1 aliphatic heterocycles. The molecule has 18 heavy (non-hydrogen) atoms.